The quantitative estimate of drug-likeness (QED) is 0.451. The second-order valence-electron chi connectivity index (χ2n) is 8.73. The summed E-state index contributed by atoms with van der Waals surface area (Å²) in [5.41, 5.74) is 1.43. The predicted molar refractivity (Wildman–Crippen MR) is 139 cm³/mol. The highest BCUT2D eigenvalue weighted by Crippen LogP contribution is 2.22. The number of nitrogens with zero attached hydrogens (tertiary/aromatic N) is 2. The summed E-state index contributed by atoms with van der Waals surface area (Å²) in [7, 11) is -2.01. The van der Waals surface area contributed by atoms with E-state index in [-0.39, 0.29) is 30.8 Å². The Labute approximate surface area is 209 Å². The van der Waals surface area contributed by atoms with Crippen molar-refractivity contribution in [3.8, 4) is 5.75 Å². The Morgan fingerprint density at radius 3 is 2.17 bits per heavy atom. The van der Waals surface area contributed by atoms with Crippen LogP contribution in [-0.4, -0.2) is 57.1 Å². The van der Waals surface area contributed by atoms with Crippen LogP contribution in [0.15, 0.2) is 54.6 Å². The lowest BCUT2D eigenvalue weighted by Gasteiger charge is -2.31. The summed E-state index contributed by atoms with van der Waals surface area (Å²) >= 11 is 0. The number of ether oxygens (including phenoxy) is 1. The number of anilines is 1. The van der Waals surface area contributed by atoms with Crippen molar-refractivity contribution in [1.29, 1.82) is 0 Å². The van der Waals surface area contributed by atoms with E-state index >= 15 is 0 Å². The van der Waals surface area contributed by atoms with Crippen molar-refractivity contribution in [3.05, 3.63) is 60.2 Å². The molecule has 1 unspecified atom stereocenters. The van der Waals surface area contributed by atoms with E-state index in [0.717, 1.165) is 11.8 Å². The van der Waals surface area contributed by atoms with Crippen molar-refractivity contribution in [2.24, 2.45) is 0 Å². The third-order valence-electron chi connectivity index (χ3n) is 5.53. The van der Waals surface area contributed by atoms with Crippen molar-refractivity contribution in [1.82, 2.24) is 10.2 Å². The number of hydrogen-bond acceptors (Lipinski definition) is 5. The maximum Gasteiger partial charge on any atom is 0.243 e. The summed E-state index contributed by atoms with van der Waals surface area (Å²) in [6.07, 6.45) is 2.04. The number of sulfonamides is 1. The molecule has 0 aliphatic heterocycles. The van der Waals surface area contributed by atoms with Crippen molar-refractivity contribution in [3.63, 3.8) is 0 Å². The minimum atomic E-state index is -3.55. The highest BCUT2D eigenvalue weighted by atomic mass is 32.2. The van der Waals surface area contributed by atoms with Crippen molar-refractivity contribution in [2.75, 3.05) is 24.2 Å². The Hall–Kier alpha value is -3.07. The van der Waals surface area contributed by atoms with Crippen LogP contribution in [0.5, 0.6) is 5.75 Å². The molecule has 9 heteroatoms. The summed E-state index contributed by atoms with van der Waals surface area (Å²) in [6, 6.07) is 15.6. The molecule has 0 saturated carbocycles. The second kappa shape index (κ2) is 13.1. The Bertz CT molecular complexity index is 1060. The zero-order chi connectivity index (χ0) is 26.0. The van der Waals surface area contributed by atoms with E-state index in [4.69, 9.17) is 4.74 Å². The maximum atomic E-state index is 13.4. The highest BCUT2D eigenvalue weighted by Gasteiger charge is 2.29. The lowest BCUT2D eigenvalue weighted by atomic mass is 10.1. The third-order valence-corrected chi connectivity index (χ3v) is 6.72. The van der Waals surface area contributed by atoms with Gasteiger partial charge in [-0.3, -0.25) is 13.9 Å². The molecule has 2 aromatic carbocycles. The molecule has 0 bridgehead atoms. The van der Waals surface area contributed by atoms with Crippen LogP contribution < -0.4 is 14.4 Å². The van der Waals surface area contributed by atoms with Gasteiger partial charge in [-0.2, -0.15) is 0 Å². The number of hydrogen-bond donors (Lipinski definition) is 1. The lowest BCUT2D eigenvalue weighted by Crippen LogP contribution is -2.50. The van der Waals surface area contributed by atoms with Crippen LogP contribution >= 0.6 is 0 Å². The van der Waals surface area contributed by atoms with E-state index in [1.807, 2.05) is 51.1 Å². The monoisotopic (exact) mass is 503 g/mol. The smallest absolute Gasteiger partial charge is 0.243 e. The summed E-state index contributed by atoms with van der Waals surface area (Å²) in [5.74, 6) is 0.241. The van der Waals surface area contributed by atoms with Gasteiger partial charge in [-0.05, 0) is 56.5 Å². The topological polar surface area (TPSA) is 96.0 Å². The van der Waals surface area contributed by atoms with Gasteiger partial charge < -0.3 is 15.0 Å². The zero-order valence-electron chi connectivity index (χ0n) is 21.2. The van der Waals surface area contributed by atoms with Crippen LogP contribution in [0.25, 0.3) is 0 Å². The van der Waals surface area contributed by atoms with Crippen LogP contribution in [-0.2, 0) is 26.2 Å². The molecule has 0 aliphatic carbocycles. The molecule has 35 heavy (non-hydrogen) atoms. The van der Waals surface area contributed by atoms with Gasteiger partial charge in [0.15, 0.2) is 0 Å². The lowest BCUT2D eigenvalue weighted by molar-refractivity contribution is -0.141. The average molecular weight is 504 g/mol. The van der Waals surface area contributed by atoms with Crippen molar-refractivity contribution >= 4 is 27.5 Å². The molecule has 0 radical (unpaired) electrons. The molecule has 2 rings (SSSR count). The van der Waals surface area contributed by atoms with Gasteiger partial charge in [-0.25, -0.2) is 8.42 Å². The molecule has 0 saturated heterocycles. The predicted octanol–water partition coefficient (Wildman–Crippen LogP) is 3.57. The molecule has 2 amide bonds. The second-order valence-corrected chi connectivity index (χ2v) is 10.6. The number of methoxy groups -OCH3 is 1. The molecule has 0 aliphatic rings. The van der Waals surface area contributed by atoms with E-state index in [1.54, 1.807) is 36.3 Å². The normalized spacial score (nSPS) is 12.2. The minimum Gasteiger partial charge on any atom is -0.497 e. The summed E-state index contributed by atoms with van der Waals surface area (Å²) in [5, 5.41) is 2.91. The largest absolute Gasteiger partial charge is 0.497 e. The van der Waals surface area contributed by atoms with Crippen molar-refractivity contribution in [2.45, 2.75) is 58.7 Å². The van der Waals surface area contributed by atoms with Gasteiger partial charge in [0.2, 0.25) is 21.8 Å². The van der Waals surface area contributed by atoms with Gasteiger partial charge in [0.1, 0.15) is 11.8 Å². The maximum absolute atomic E-state index is 13.4. The average Bonchev–Trinajstić information content (AvgIpc) is 2.81. The zero-order valence-corrected chi connectivity index (χ0v) is 22.0. The van der Waals surface area contributed by atoms with Gasteiger partial charge in [0, 0.05) is 25.6 Å². The van der Waals surface area contributed by atoms with Crippen LogP contribution in [0.2, 0.25) is 0 Å². The molecule has 0 spiro atoms. The molecule has 192 valence electrons. The van der Waals surface area contributed by atoms with Crippen LogP contribution in [0.4, 0.5) is 5.69 Å². The molecule has 2 aromatic rings. The SMILES string of the molecule is CCC(C(=O)NC(C)C)N(Cc1ccccc1)C(=O)CCCN(c1ccc(OC)cc1)S(C)(=O)=O. The fourth-order valence-electron chi connectivity index (χ4n) is 3.83. The molecule has 0 fully saturated rings. The number of rotatable bonds is 13. The van der Waals surface area contributed by atoms with E-state index in [1.165, 1.54) is 4.31 Å². The van der Waals surface area contributed by atoms with E-state index in [9.17, 15) is 18.0 Å². The van der Waals surface area contributed by atoms with Crippen molar-refractivity contribution < 1.29 is 22.7 Å². The third kappa shape index (κ3) is 8.58. The number of carbonyl (C=O) groups is 2. The highest BCUT2D eigenvalue weighted by molar-refractivity contribution is 7.92. The van der Waals surface area contributed by atoms with Crippen LogP contribution in [0.3, 0.4) is 0 Å². The molecule has 0 heterocycles. The summed E-state index contributed by atoms with van der Waals surface area (Å²) in [6.45, 7) is 6.09. The summed E-state index contributed by atoms with van der Waals surface area (Å²) < 4.78 is 31.3. The fourth-order valence-corrected chi connectivity index (χ4v) is 4.80. The standard InChI is InChI=1S/C26H37N3O5S/c1-6-24(26(31)27-20(2)3)28(19-21-11-8-7-9-12-21)25(30)13-10-18-29(35(5,32)33)22-14-16-23(34-4)17-15-22/h7-9,11-12,14-17,20,24H,6,10,13,18-19H2,1-5H3,(H,27,31). The fraction of sp³-hybridized carbons (Fsp3) is 0.462. The van der Waals surface area contributed by atoms with Gasteiger partial charge in [0.05, 0.1) is 19.1 Å². The molecular formula is C26H37N3O5S. The van der Waals surface area contributed by atoms with E-state index < -0.39 is 16.1 Å². The van der Waals surface area contributed by atoms with E-state index in [2.05, 4.69) is 5.32 Å². The van der Waals surface area contributed by atoms with Gasteiger partial charge in [-0.1, -0.05) is 37.3 Å². The Morgan fingerprint density at radius 1 is 1.03 bits per heavy atom. The first-order valence-corrected chi connectivity index (χ1v) is 13.7. The molecule has 8 nitrogen and oxygen atoms in total. The minimum absolute atomic E-state index is 0.0435. The number of amides is 2. The first kappa shape index (κ1) is 28.2. The number of benzene rings is 2. The Morgan fingerprint density at radius 2 is 1.66 bits per heavy atom. The Kier molecular flexibility index (Phi) is 10.6. The molecule has 1 atom stereocenters. The van der Waals surface area contributed by atoms with E-state index in [0.29, 0.717) is 30.8 Å². The molecule has 0 aromatic heterocycles. The Balaban J connectivity index is 2.18. The first-order chi connectivity index (χ1) is 16.6. The molecular weight excluding hydrogens is 466 g/mol. The number of nitrogens with one attached hydrogen (secondary N) is 1. The summed E-state index contributed by atoms with van der Waals surface area (Å²) in [4.78, 5) is 27.8. The molecule has 1 N–H and O–H groups in total. The van der Waals surface area contributed by atoms with Gasteiger partial charge in [-0.15, -0.1) is 0 Å². The van der Waals surface area contributed by atoms with Gasteiger partial charge in [0.25, 0.3) is 0 Å². The number of carbonyl (C=O) groups excluding carboxylic acids is 2. The van der Waals surface area contributed by atoms with Crippen LogP contribution in [0.1, 0.15) is 45.6 Å². The van der Waals surface area contributed by atoms with Gasteiger partial charge >= 0.3 is 0 Å². The first-order valence-electron chi connectivity index (χ1n) is 11.8. The van der Waals surface area contributed by atoms with Crippen LogP contribution in [0, 0.1) is 0 Å².